The van der Waals surface area contributed by atoms with Crippen molar-refractivity contribution in [3.8, 4) is 0 Å². The summed E-state index contributed by atoms with van der Waals surface area (Å²) in [6.45, 7) is 3.90. The molecule has 3 rings (SSSR count). The molecule has 0 aliphatic carbocycles. The largest absolute Gasteiger partial charge is 0.343 e. The van der Waals surface area contributed by atoms with Crippen molar-refractivity contribution in [2.24, 2.45) is 0 Å². The number of halogens is 1. The number of nitrogens with zero attached hydrogens (tertiary/aromatic N) is 3. The molecule has 6 nitrogen and oxygen atoms in total. The molecule has 0 spiro atoms. The fraction of sp³-hybridized carbons (Fsp3) is 0.143. The summed E-state index contributed by atoms with van der Waals surface area (Å²) in [6.07, 6.45) is 2.83. The molecule has 21 heavy (non-hydrogen) atoms. The Morgan fingerprint density at radius 3 is 2.76 bits per heavy atom. The number of pyridine rings is 1. The van der Waals surface area contributed by atoms with Crippen LogP contribution in [-0.4, -0.2) is 25.8 Å². The molecule has 0 bridgehead atoms. The fourth-order valence-electron chi connectivity index (χ4n) is 2.07. The molecule has 3 heterocycles. The van der Waals surface area contributed by atoms with Crippen molar-refractivity contribution in [2.75, 3.05) is 5.32 Å². The number of rotatable bonds is 2. The maximum absolute atomic E-state index is 12.2. The first-order valence-electron chi connectivity index (χ1n) is 6.29. The summed E-state index contributed by atoms with van der Waals surface area (Å²) in [7, 11) is 0. The smallest absolute Gasteiger partial charge is 0.275 e. The molecule has 0 radical (unpaired) electrons. The Hall–Kier alpha value is -2.47. The number of aromatic amines is 1. The van der Waals surface area contributed by atoms with E-state index >= 15 is 0 Å². The molecule has 0 saturated heterocycles. The Bertz CT molecular complexity index is 825. The molecule has 0 unspecified atom stereocenters. The van der Waals surface area contributed by atoms with E-state index in [4.69, 9.17) is 11.6 Å². The molecule has 2 N–H and O–H groups in total. The van der Waals surface area contributed by atoms with Gasteiger partial charge in [0.1, 0.15) is 23.5 Å². The van der Waals surface area contributed by atoms with Gasteiger partial charge in [-0.1, -0.05) is 11.6 Å². The van der Waals surface area contributed by atoms with E-state index in [1.165, 1.54) is 12.5 Å². The molecule has 3 aromatic rings. The van der Waals surface area contributed by atoms with Gasteiger partial charge in [0.25, 0.3) is 5.91 Å². The van der Waals surface area contributed by atoms with Crippen LogP contribution in [0.1, 0.15) is 21.7 Å². The topological polar surface area (TPSA) is 83.6 Å². The van der Waals surface area contributed by atoms with E-state index in [0.29, 0.717) is 16.5 Å². The second-order valence-electron chi connectivity index (χ2n) is 4.64. The van der Waals surface area contributed by atoms with E-state index in [2.05, 4.69) is 25.3 Å². The van der Waals surface area contributed by atoms with Crippen LogP contribution in [-0.2, 0) is 0 Å². The van der Waals surface area contributed by atoms with E-state index in [9.17, 15) is 4.79 Å². The number of aryl methyl sites for hydroxylation is 2. The molecule has 3 aromatic heterocycles. The fourth-order valence-corrected chi connectivity index (χ4v) is 2.18. The van der Waals surface area contributed by atoms with Crippen molar-refractivity contribution in [3.63, 3.8) is 0 Å². The zero-order valence-corrected chi connectivity index (χ0v) is 12.2. The van der Waals surface area contributed by atoms with Gasteiger partial charge in [0, 0.05) is 11.9 Å². The summed E-state index contributed by atoms with van der Waals surface area (Å²) >= 11 is 5.76. The van der Waals surface area contributed by atoms with Crippen molar-refractivity contribution >= 4 is 34.4 Å². The number of carbonyl (C=O) groups is 1. The van der Waals surface area contributed by atoms with E-state index < -0.39 is 0 Å². The molecular formula is C14H12ClN5O. The second-order valence-corrected chi connectivity index (χ2v) is 5.07. The number of carbonyl (C=O) groups excluding carboxylic acids is 1. The van der Waals surface area contributed by atoms with Gasteiger partial charge in [-0.3, -0.25) is 4.79 Å². The number of aromatic nitrogens is 4. The van der Waals surface area contributed by atoms with Crippen LogP contribution in [0.4, 0.5) is 5.82 Å². The highest BCUT2D eigenvalue weighted by Crippen LogP contribution is 2.25. The molecule has 0 saturated carbocycles. The van der Waals surface area contributed by atoms with Crippen LogP contribution in [0.2, 0.25) is 5.02 Å². The molecular weight excluding hydrogens is 290 g/mol. The second kappa shape index (κ2) is 5.14. The zero-order chi connectivity index (χ0) is 15.0. The highest BCUT2D eigenvalue weighted by Gasteiger charge is 2.15. The van der Waals surface area contributed by atoms with Gasteiger partial charge < -0.3 is 10.3 Å². The van der Waals surface area contributed by atoms with E-state index in [1.54, 1.807) is 12.1 Å². The molecule has 7 heteroatoms. The average Bonchev–Trinajstić information content (AvgIpc) is 2.76. The third kappa shape index (κ3) is 2.45. The average molecular weight is 302 g/mol. The Labute approximate surface area is 125 Å². The van der Waals surface area contributed by atoms with Gasteiger partial charge in [0.2, 0.25) is 0 Å². The number of hydrogen-bond donors (Lipinski definition) is 2. The Kier molecular flexibility index (Phi) is 3.31. The summed E-state index contributed by atoms with van der Waals surface area (Å²) in [5.41, 5.74) is 2.96. The number of fused-ring (bicyclic) bond motifs is 1. The lowest BCUT2D eigenvalue weighted by molar-refractivity contribution is 0.102. The quantitative estimate of drug-likeness (QED) is 0.762. The molecule has 0 fully saturated rings. The van der Waals surface area contributed by atoms with Gasteiger partial charge in [-0.05, 0) is 31.5 Å². The third-order valence-electron chi connectivity index (χ3n) is 3.28. The zero-order valence-electron chi connectivity index (χ0n) is 11.4. The summed E-state index contributed by atoms with van der Waals surface area (Å²) in [5.74, 6) is 0.119. The van der Waals surface area contributed by atoms with Gasteiger partial charge in [-0.15, -0.1) is 0 Å². The van der Waals surface area contributed by atoms with Gasteiger partial charge >= 0.3 is 0 Å². The number of H-pyrrole nitrogens is 1. The summed E-state index contributed by atoms with van der Waals surface area (Å²) in [6, 6.07) is 3.18. The summed E-state index contributed by atoms with van der Waals surface area (Å²) in [5, 5.41) is 4.04. The number of amides is 1. The van der Waals surface area contributed by atoms with Gasteiger partial charge in [-0.2, -0.15) is 0 Å². The van der Waals surface area contributed by atoms with Crippen molar-refractivity contribution in [3.05, 3.63) is 46.6 Å². The van der Waals surface area contributed by atoms with E-state index in [1.807, 2.05) is 13.8 Å². The summed E-state index contributed by atoms with van der Waals surface area (Å²) < 4.78 is 0. The minimum absolute atomic E-state index is 0.274. The number of anilines is 1. The maximum Gasteiger partial charge on any atom is 0.275 e. The first kappa shape index (κ1) is 13.5. The highest BCUT2D eigenvalue weighted by molar-refractivity contribution is 6.30. The Morgan fingerprint density at radius 1 is 1.24 bits per heavy atom. The lowest BCUT2D eigenvalue weighted by Gasteiger charge is -2.05. The van der Waals surface area contributed by atoms with Crippen molar-refractivity contribution < 1.29 is 4.79 Å². The Balaban J connectivity index is 1.98. The monoisotopic (exact) mass is 301 g/mol. The minimum Gasteiger partial charge on any atom is -0.343 e. The molecule has 0 aliphatic heterocycles. The van der Waals surface area contributed by atoms with E-state index in [0.717, 1.165) is 16.6 Å². The van der Waals surface area contributed by atoms with Crippen molar-refractivity contribution in [1.29, 1.82) is 0 Å². The minimum atomic E-state index is -0.343. The van der Waals surface area contributed by atoms with Crippen LogP contribution in [0, 0.1) is 13.8 Å². The van der Waals surface area contributed by atoms with Crippen molar-refractivity contribution in [2.45, 2.75) is 13.8 Å². The number of nitrogens with one attached hydrogen (secondary N) is 2. The molecule has 1 amide bonds. The predicted octanol–water partition coefficient (Wildman–Crippen LogP) is 2.88. The summed E-state index contributed by atoms with van der Waals surface area (Å²) in [4.78, 5) is 27.7. The Morgan fingerprint density at radius 2 is 2.05 bits per heavy atom. The van der Waals surface area contributed by atoms with Crippen LogP contribution in [0.5, 0.6) is 0 Å². The lowest BCUT2D eigenvalue weighted by atomic mass is 10.2. The molecule has 0 aromatic carbocycles. The van der Waals surface area contributed by atoms with E-state index in [-0.39, 0.29) is 11.6 Å². The van der Waals surface area contributed by atoms with Crippen LogP contribution < -0.4 is 5.32 Å². The van der Waals surface area contributed by atoms with Crippen LogP contribution in [0.15, 0.2) is 24.7 Å². The first-order chi connectivity index (χ1) is 10.1. The van der Waals surface area contributed by atoms with Crippen LogP contribution in [0.3, 0.4) is 0 Å². The molecule has 106 valence electrons. The normalized spacial score (nSPS) is 10.8. The maximum atomic E-state index is 12.2. The van der Waals surface area contributed by atoms with Crippen LogP contribution in [0.25, 0.3) is 11.0 Å². The third-order valence-corrected chi connectivity index (χ3v) is 3.51. The standard InChI is InChI=1S/C14H12ClN5O/c1-7-8(2)19-12-11(7)13(18-6-17-12)20-14(21)10-4-3-9(15)5-16-10/h3-6H,1-2H3,(H2,17,18,19,20,21). The van der Waals surface area contributed by atoms with Crippen molar-refractivity contribution in [1.82, 2.24) is 19.9 Å². The number of hydrogen-bond acceptors (Lipinski definition) is 4. The van der Waals surface area contributed by atoms with Gasteiger partial charge in [0.15, 0.2) is 0 Å². The first-order valence-corrected chi connectivity index (χ1v) is 6.67. The van der Waals surface area contributed by atoms with Gasteiger partial charge in [0.05, 0.1) is 10.4 Å². The predicted molar refractivity (Wildman–Crippen MR) is 80.6 cm³/mol. The highest BCUT2D eigenvalue weighted by atomic mass is 35.5. The molecule has 0 aliphatic rings. The molecule has 0 atom stereocenters. The van der Waals surface area contributed by atoms with Crippen LogP contribution >= 0.6 is 11.6 Å². The van der Waals surface area contributed by atoms with Gasteiger partial charge in [-0.25, -0.2) is 15.0 Å². The SMILES string of the molecule is Cc1[nH]c2ncnc(NC(=O)c3ccc(Cl)cn3)c2c1C. The lowest BCUT2D eigenvalue weighted by Crippen LogP contribution is -2.14.